The van der Waals surface area contributed by atoms with Crippen LogP contribution in [0.3, 0.4) is 0 Å². The Bertz CT molecular complexity index is 1110. The molecule has 30 heavy (non-hydrogen) atoms. The number of halogens is 1. The predicted octanol–water partition coefficient (Wildman–Crippen LogP) is 1.31. The van der Waals surface area contributed by atoms with Gasteiger partial charge in [-0.05, 0) is 25.0 Å². The number of carbonyl (C=O) groups is 1. The van der Waals surface area contributed by atoms with Gasteiger partial charge in [0, 0.05) is 24.0 Å². The lowest BCUT2D eigenvalue weighted by Gasteiger charge is -2.18. The van der Waals surface area contributed by atoms with Gasteiger partial charge in [0.05, 0.1) is 27.8 Å². The van der Waals surface area contributed by atoms with Crippen molar-refractivity contribution in [2.45, 2.75) is 23.0 Å². The zero-order valence-electron chi connectivity index (χ0n) is 15.7. The number of sulfone groups is 1. The van der Waals surface area contributed by atoms with E-state index >= 15 is 0 Å². The number of nitrogens with one attached hydrogen (secondary N) is 2. The minimum Gasteiger partial charge on any atom is -0.476 e. The molecule has 3 rings (SSSR count). The molecule has 1 amide bonds. The van der Waals surface area contributed by atoms with Crippen LogP contribution >= 0.6 is 11.6 Å². The molecule has 1 fully saturated rings. The third kappa shape index (κ3) is 4.80. The van der Waals surface area contributed by atoms with Crippen molar-refractivity contribution in [3.05, 3.63) is 51.8 Å². The van der Waals surface area contributed by atoms with E-state index in [1.54, 1.807) is 12.1 Å². The molecule has 0 aliphatic heterocycles. The zero-order chi connectivity index (χ0) is 21.7. The average Bonchev–Trinajstić information content (AvgIpc) is 3.17. The Morgan fingerprint density at radius 3 is 2.73 bits per heavy atom. The van der Waals surface area contributed by atoms with Gasteiger partial charge in [-0.3, -0.25) is 9.59 Å². The van der Waals surface area contributed by atoms with Crippen molar-refractivity contribution >= 4 is 27.3 Å². The van der Waals surface area contributed by atoms with Crippen molar-refractivity contribution in [1.82, 2.24) is 15.5 Å². The second-order valence-corrected chi connectivity index (χ2v) is 9.49. The lowest BCUT2D eigenvalue weighted by molar-refractivity contribution is -0.126. The summed E-state index contributed by atoms with van der Waals surface area (Å²) in [7, 11) is -3.77. The first kappa shape index (κ1) is 21.8. The van der Waals surface area contributed by atoms with Crippen molar-refractivity contribution in [1.29, 1.82) is 5.26 Å². The maximum Gasteiger partial charge on any atom is 0.264 e. The second kappa shape index (κ2) is 9.28. The standard InChI is InChI=1S/C19H19ClN4O5S/c20-15-3-1-2-4-16(15)30(27,28)13-9-12(14(10-13)19(26)22-8-7-21)11-29-18-6-5-17(25)23-24-18/h1-6,12-14H,8-11H2,(H,22,26)(H,23,25)/t12?,13-,14-/m1/s1. The Kier molecular flexibility index (Phi) is 6.74. The smallest absolute Gasteiger partial charge is 0.264 e. The fourth-order valence-corrected chi connectivity index (χ4v) is 5.94. The van der Waals surface area contributed by atoms with Crippen molar-refractivity contribution in [2.24, 2.45) is 11.8 Å². The first-order valence-corrected chi connectivity index (χ1v) is 11.1. The number of hydrogen-bond donors (Lipinski definition) is 2. The number of aromatic nitrogens is 2. The van der Waals surface area contributed by atoms with Crippen molar-refractivity contribution in [2.75, 3.05) is 13.2 Å². The number of hydrogen-bond acceptors (Lipinski definition) is 7. The van der Waals surface area contributed by atoms with Gasteiger partial charge in [-0.25, -0.2) is 13.5 Å². The van der Waals surface area contributed by atoms with E-state index < -0.39 is 32.8 Å². The SMILES string of the molecule is N#CCNC(=O)[C@@H]1C[C@H](S(=O)(=O)c2ccccc2Cl)CC1COc1ccc(=O)[nH]n1. The van der Waals surface area contributed by atoms with Crippen LogP contribution < -0.4 is 15.6 Å². The molecule has 1 aromatic carbocycles. The minimum atomic E-state index is -3.77. The maximum atomic E-state index is 13.1. The van der Waals surface area contributed by atoms with E-state index in [4.69, 9.17) is 21.6 Å². The summed E-state index contributed by atoms with van der Waals surface area (Å²) in [6, 6.07) is 10.6. The number of H-pyrrole nitrogens is 1. The number of nitriles is 1. The van der Waals surface area contributed by atoms with E-state index in [-0.39, 0.29) is 47.4 Å². The van der Waals surface area contributed by atoms with E-state index in [9.17, 15) is 18.0 Å². The lowest BCUT2D eigenvalue weighted by atomic mass is 9.96. The van der Waals surface area contributed by atoms with Crippen LogP contribution in [-0.2, 0) is 14.6 Å². The van der Waals surface area contributed by atoms with Crippen LogP contribution in [0.5, 0.6) is 5.88 Å². The van der Waals surface area contributed by atoms with Gasteiger partial charge >= 0.3 is 0 Å². The molecule has 9 nitrogen and oxygen atoms in total. The highest BCUT2D eigenvalue weighted by molar-refractivity contribution is 7.92. The molecule has 3 atom stereocenters. The van der Waals surface area contributed by atoms with Gasteiger partial charge < -0.3 is 10.1 Å². The largest absolute Gasteiger partial charge is 0.476 e. The van der Waals surface area contributed by atoms with Crippen LogP contribution in [0.25, 0.3) is 0 Å². The number of amides is 1. The first-order chi connectivity index (χ1) is 14.3. The lowest BCUT2D eigenvalue weighted by Crippen LogP contribution is -2.34. The predicted molar refractivity (Wildman–Crippen MR) is 108 cm³/mol. The van der Waals surface area contributed by atoms with Gasteiger partial charge in [0.25, 0.3) is 5.56 Å². The molecule has 0 saturated heterocycles. The molecule has 2 N–H and O–H groups in total. The number of carbonyl (C=O) groups excluding carboxylic acids is 1. The topological polar surface area (TPSA) is 142 Å². The number of nitrogens with zero attached hydrogens (tertiary/aromatic N) is 2. The molecule has 2 aromatic rings. The van der Waals surface area contributed by atoms with Gasteiger partial charge in [-0.2, -0.15) is 5.26 Å². The fourth-order valence-electron chi connectivity index (χ4n) is 3.55. The highest BCUT2D eigenvalue weighted by Crippen LogP contribution is 2.40. The molecule has 0 spiro atoms. The van der Waals surface area contributed by atoms with E-state index in [1.807, 2.05) is 6.07 Å². The van der Waals surface area contributed by atoms with Gasteiger partial charge in [0.1, 0.15) is 6.54 Å². The van der Waals surface area contributed by atoms with Crippen molar-refractivity contribution < 1.29 is 17.9 Å². The first-order valence-electron chi connectivity index (χ1n) is 9.14. The summed E-state index contributed by atoms with van der Waals surface area (Å²) in [5, 5.41) is 16.5. The maximum absolute atomic E-state index is 13.1. The molecule has 1 aromatic heterocycles. The average molecular weight is 451 g/mol. The third-order valence-corrected chi connectivity index (χ3v) is 7.68. The van der Waals surface area contributed by atoms with Crippen LogP contribution in [0, 0.1) is 23.2 Å². The van der Waals surface area contributed by atoms with Gasteiger partial charge in [0.2, 0.25) is 11.8 Å². The fraction of sp³-hybridized carbons (Fsp3) is 0.368. The number of aromatic amines is 1. The molecule has 1 unspecified atom stereocenters. The Hall–Kier alpha value is -2.90. The number of rotatable bonds is 7. The summed E-state index contributed by atoms with van der Waals surface area (Å²) in [5.74, 6) is -1.34. The summed E-state index contributed by atoms with van der Waals surface area (Å²) >= 11 is 6.09. The highest BCUT2D eigenvalue weighted by Gasteiger charge is 2.45. The highest BCUT2D eigenvalue weighted by atomic mass is 35.5. The second-order valence-electron chi connectivity index (χ2n) is 6.88. The van der Waals surface area contributed by atoms with Crippen LogP contribution in [0.15, 0.2) is 46.1 Å². The molecule has 158 valence electrons. The van der Waals surface area contributed by atoms with E-state index in [1.165, 1.54) is 24.3 Å². The molecule has 1 aliphatic carbocycles. The third-order valence-electron chi connectivity index (χ3n) is 5.01. The zero-order valence-corrected chi connectivity index (χ0v) is 17.3. The Morgan fingerprint density at radius 2 is 2.07 bits per heavy atom. The van der Waals surface area contributed by atoms with Gasteiger partial charge in [-0.15, -0.1) is 5.10 Å². The summed E-state index contributed by atoms with van der Waals surface area (Å²) in [6.45, 7) is -0.148. The molecule has 0 radical (unpaired) electrons. The summed E-state index contributed by atoms with van der Waals surface area (Å²) in [4.78, 5) is 23.7. The van der Waals surface area contributed by atoms with Crippen molar-refractivity contribution in [3.8, 4) is 11.9 Å². The van der Waals surface area contributed by atoms with E-state index in [0.717, 1.165) is 0 Å². The van der Waals surface area contributed by atoms with Crippen LogP contribution in [0.1, 0.15) is 12.8 Å². The van der Waals surface area contributed by atoms with E-state index in [0.29, 0.717) is 0 Å². The molecular weight excluding hydrogens is 432 g/mol. The Labute approximate surface area is 177 Å². The number of benzene rings is 1. The van der Waals surface area contributed by atoms with E-state index in [2.05, 4.69) is 15.5 Å². The minimum absolute atomic E-state index is 0.0247. The van der Waals surface area contributed by atoms with Crippen molar-refractivity contribution in [3.63, 3.8) is 0 Å². The van der Waals surface area contributed by atoms with Crippen LogP contribution in [0.4, 0.5) is 0 Å². The normalized spacial score (nSPS) is 21.0. The monoisotopic (exact) mass is 450 g/mol. The molecule has 0 bridgehead atoms. The molecule has 1 aliphatic rings. The summed E-state index contributed by atoms with van der Waals surface area (Å²) in [6.07, 6.45) is 0.263. The summed E-state index contributed by atoms with van der Waals surface area (Å²) in [5.41, 5.74) is -0.386. The molecule has 1 heterocycles. The Morgan fingerprint density at radius 1 is 1.30 bits per heavy atom. The van der Waals surface area contributed by atoms with Gasteiger partial charge in [0.15, 0.2) is 9.84 Å². The number of ether oxygens (including phenoxy) is 1. The van der Waals surface area contributed by atoms with Crippen LogP contribution in [-0.4, -0.2) is 42.9 Å². The van der Waals surface area contributed by atoms with Crippen LogP contribution in [0.2, 0.25) is 5.02 Å². The van der Waals surface area contributed by atoms with Gasteiger partial charge in [-0.1, -0.05) is 23.7 Å². The summed E-state index contributed by atoms with van der Waals surface area (Å²) < 4.78 is 31.8. The Balaban J connectivity index is 1.81. The molecule has 11 heteroatoms. The molecule has 1 saturated carbocycles. The quantitative estimate of drug-likeness (QED) is 0.605. The molecular formula is C19H19ClN4O5S.